The lowest BCUT2D eigenvalue weighted by Gasteiger charge is -2.33. The van der Waals surface area contributed by atoms with Crippen molar-refractivity contribution in [2.45, 2.75) is 51.7 Å². The van der Waals surface area contributed by atoms with E-state index in [1.807, 2.05) is 43.9 Å². The van der Waals surface area contributed by atoms with E-state index in [2.05, 4.69) is 21.2 Å². The minimum absolute atomic E-state index is 0.0454. The summed E-state index contributed by atoms with van der Waals surface area (Å²) in [6.07, 6.45) is 1.42. The van der Waals surface area contributed by atoms with Gasteiger partial charge in [0.15, 0.2) is 0 Å². The molecule has 1 aromatic carbocycles. The van der Waals surface area contributed by atoms with Crippen LogP contribution in [0.5, 0.6) is 5.75 Å². The van der Waals surface area contributed by atoms with E-state index in [0.29, 0.717) is 19.5 Å². The average molecular weight is 427 g/mol. The molecule has 144 valence electrons. The van der Waals surface area contributed by atoms with E-state index in [9.17, 15) is 9.59 Å². The molecule has 1 aliphatic heterocycles. The molecule has 1 aromatic rings. The van der Waals surface area contributed by atoms with E-state index >= 15 is 0 Å². The van der Waals surface area contributed by atoms with Crippen LogP contribution in [-0.2, 0) is 16.0 Å². The normalized spacial score (nSPS) is 15.5. The number of ether oxygens (including phenoxy) is 2. The number of carbonyl (C=O) groups is 2. The van der Waals surface area contributed by atoms with Crippen LogP contribution in [0.2, 0.25) is 0 Å². The van der Waals surface area contributed by atoms with Crippen molar-refractivity contribution in [3.05, 3.63) is 28.2 Å². The van der Waals surface area contributed by atoms with Crippen molar-refractivity contribution in [2.24, 2.45) is 0 Å². The second-order valence-electron chi connectivity index (χ2n) is 7.45. The molecule has 2 rings (SSSR count). The number of nitrogens with one attached hydrogen (secondary N) is 1. The molecule has 0 aliphatic carbocycles. The van der Waals surface area contributed by atoms with Crippen molar-refractivity contribution >= 4 is 27.9 Å². The number of nitrogens with zero attached hydrogens (tertiary/aromatic N) is 1. The van der Waals surface area contributed by atoms with Crippen molar-refractivity contribution < 1.29 is 19.1 Å². The predicted octanol–water partition coefficient (Wildman–Crippen LogP) is 3.52. The highest BCUT2D eigenvalue weighted by atomic mass is 79.9. The van der Waals surface area contributed by atoms with Gasteiger partial charge in [-0.25, -0.2) is 4.79 Å². The molecular weight excluding hydrogens is 400 g/mol. The lowest BCUT2D eigenvalue weighted by atomic mass is 10.0. The zero-order valence-corrected chi connectivity index (χ0v) is 17.4. The minimum atomic E-state index is -0.507. The maximum atomic E-state index is 12.5. The Balaban J connectivity index is 1.81. The van der Waals surface area contributed by atoms with Crippen molar-refractivity contribution in [2.75, 3.05) is 20.2 Å². The van der Waals surface area contributed by atoms with Gasteiger partial charge in [0.25, 0.3) is 0 Å². The minimum Gasteiger partial charge on any atom is -0.496 e. The molecule has 0 aromatic heterocycles. The number of hydrogen-bond acceptors (Lipinski definition) is 4. The Morgan fingerprint density at radius 2 is 1.92 bits per heavy atom. The number of benzene rings is 1. The maximum Gasteiger partial charge on any atom is 0.407 e. The summed E-state index contributed by atoms with van der Waals surface area (Å²) in [4.78, 5) is 26.2. The summed E-state index contributed by atoms with van der Waals surface area (Å²) in [5.41, 5.74) is 0.435. The Bertz CT molecular complexity index is 649. The topological polar surface area (TPSA) is 67.9 Å². The standard InChI is InChI=1S/C19H27BrN2O4/c1-19(2,3)26-18(24)21-14-7-9-22(10-8-14)17(23)12-13-5-6-16(25-4)15(20)11-13/h5-6,11,14H,7-10,12H2,1-4H3,(H,21,24). The molecule has 1 saturated heterocycles. The van der Waals surface area contributed by atoms with E-state index in [1.54, 1.807) is 7.11 Å². The number of likely N-dealkylation sites (tertiary alicyclic amines) is 1. The maximum absolute atomic E-state index is 12.5. The third-order valence-corrected chi connectivity index (χ3v) is 4.76. The van der Waals surface area contributed by atoms with Crippen LogP contribution >= 0.6 is 15.9 Å². The number of piperidine rings is 1. The second-order valence-corrected chi connectivity index (χ2v) is 8.30. The Hall–Kier alpha value is -1.76. The number of amides is 2. The van der Waals surface area contributed by atoms with Crippen LogP contribution in [0.15, 0.2) is 22.7 Å². The van der Waals surface area contributed by atoms with E-state index in [1.165, 1.54) is 0 Å². The summed E-state index contributed by atoms with van der Waals surface area (Å²) in [5, 5.41) is 2.89. The second kappa shape index (κ2) is 8.75. The fraction of sp³-hybridized carbons (Fsp3) is 0.579. The molecule has 0 bridgehead atoms. The molecule has 2 amide bonds. The predicted molar refractivity (Wildman–Crippen MR) is 103 cm³/mol. The Morgan fingerprint density at radius 3 is 2.46 bits per heavy atom. The zero-order chi connectivity index (χ0) is 19.3. The fourth-order valence-electron chi connectivity index (χ4n) is 2.85. The highest BCUT2D eigenvalue weighted by Gasteiger charge is 2.25. The van der Waals surface area contributed by atoms with Gasteiger partial charge in [-0.15, -0.1) is 0 Å². The van der Waals surface area contributed by atoms with Crippen LogP contribution in [0, 0.1) is 0 Å². The van der Waals surface area contributed by atoms with E-state index in [4.69, 9.17) is 9.47 Å². The SMILES string of the molecule is COc1ccc(CC(=O)N2CCC(NC(=O)OC(C)(C)C)CC2)cc1Br. The van der Waals surface area contributed by atoms with Gasteiger partial charge >= 0.3 is 6.09 Å². The molecule has 1 N–H and O–H groups in total. The summed E-state index contributed by atoms with van der Waals surface area (Å²) >= 11 is 3.44. The van der Waals surface area contributed by atoms with Crippen molar-refractivity contribution in [1.82, 2.24) is 10.2 Å². The van der Waals surface area contributed by atoms with E-state index in [0.717, 1.165) is 28.6 Å². The van der Waals surface area contributed by atoms with Crippen LogP contribution in [-0.4, -0.2) is 48.7 Å². The molecule has 26 heavy (non-hydrogen) atoms. The lowest BCUT2D eigenvalue weighted by Crippen LogP contribution is -2.47. The van der Waals surface area contributed by atoms with Crippen LogP contribution in [0.4, 0.5) is 4.79 Å². The molecule has 1 heterocycles. The van der Waals surface area contributed by atoms with Gasteiger partial charge in [0, 0.05) is 19.1 Å². The first-order chi connectivity index (χ1) is 12.2. The van der Waals surface area contributed by atoms with Crippen LogP contribution in [0.3, 0.4) is 0 Å². The van der Waals surface area contributed by atoms with Crippen molar-refractivity contribution in [3.8, 4) is 5.75 Å². The van der Waals surface area contributed by atoms with Crippen molar-refractivity contribution in [3.63, 3.8) is 0 Å². The number of rotatable bonds is 4. The average Bonchev–Trinajstić information content (AvgIpc) is 2.53. The first-order valence-corrected chi connectivity index (χ1v) is 9.57. The molecule has 0 radical (unpaired) electrons. The number of hydrogen-bond donors (Lipinski definition) is 1. The lowest BCUT2D eigenvalue weighted by molar-refractivity contribution is -0.131. The quantitative estimate of drug-likeness (QED) is 0.799. The van der Waals surface area contributed by atoms with Crippen LogP contribution in [0.1, 0.15) is 39.2 Å². The highest BCUT2D eigenvalue weighted by Crippen LogP contribution is 2.26. The van der Waals surface area contributed by atoms with Gasteiger partial charge in [0.1, 0.15) is 11.4 Å². The van der Waals surface area contributed by atoms with Gasteiger partial charge in [0.05, 0.1) is 18.0 Å². The first-order valence-electron chi connectivity index (χ1n) is 8.77. The van der Waals surface area contributed by atoms with Gasteiger partial charge in [-0.1, -0.05) is 6.07 Å². The van der Waals surface area contributed by atoms with Crippen LogP contribution < -0.4 is 10.1 Å². The number of methoxy groups -OCH3 is 1. The molecular formula is C19H27BrN2O4. The number of halogens is 1. The largest absolute Gasteiger partial charge is 0.496 e. The molecule has 6 nitrogen and oxygen atoms in total. The Morgan fingerprint density at radius 1 is 1.27 bits per heavy atom. The smallest absolute Gasteiger partial charge is 0.407 e. The molecule has 0 unspecified atom stereocenters. The number of alkyl carbamates (subject to hydrolysis) is 1. The third-order valence-electron chi connectivity index (χ3n) is 4.14. The third kappa shape index (κ3) is 6.20. The summed E-state index contributed by atoms with van der Waals surface area (Å²) in [7, 11) is 1.61. The summed E-state index contributed by atoms with van der Waals surface area (Å²) in [5.74, 6) is 0.841. The van der Waals surface area contributed by atoms with E-state index in [-0.39, 0.29) is 11.9 Å². The van der Waals surface area contributed by atoms with Gasteiger partial charge < -0.3 is 19.7 Å². The Labute approximate surface area is 163 Å². The van der Waals surface area contributed by atoms with E-state index < -0.39 is 11.7 Å². The molecule has 1 aliphatic rings. The van der Waals surface area contributed by atoms with Crippen molar-refractivity contribution in [1.29, 1.82) is 0 Å². The summed E-state index contributed by atoms with van der Waals surface area (Å²) in [6, 6.07) is 5.71. The van der Waals surface area contributed by atoms with Gasteiger partial charge in [-0.05, 0) is 67.2 Å². The number of carbonyl (C=O) groups excluding carboxylic acids is 2. The first kappa shape index (κ1) is 20.6. The summed E-state index contributed by atoms with van der Waals surface area (Å²) in [6.45, 7) is 6.79. The van der Waals surface area contributed by atoms with Gasteiger partial charge in [0.2, 0.25) is 5.91 Å². The van der Waals surface area contributed by atoms with Gasteiger partial charge in [-0.3, -0.25) is 4.79 Å². The molecule has 7 heteroatoms. The Kier molecular flexibility index (Phi) is 6.92. The molecule has 0 saturated carbocycles. The molecule has 1 fully saturated rings. The zero-order valence-electron chi connectivity index (χ0n) is 15.8. The fourth-order valence-corrected chi connectivity index (χ4v) is 3.44. The monoisotopic (exact) mass is 426 g/mol. The highest BCUT2D eigenvalue weighted by molar-refractivity contribution is 9.10. The molecule has 0 atom stereocenters. The molecule has 0 spiro atoms. The summed E-state index contributed by atoms with van der Waals surface area (Å²) < 4.78 is 11.3. The van der Waals surface area contributed by atoms with Crippen LogP contribution in [0.25, 0.3) is 0 Å². The van der Waals surface area contributed by atoms with Gasteiger partial charge in [-0.2, -0.15) is 0 Å².